The summed E-state index contributed by atoms with van der Waals surface area (Å²) >= 11 is 0. The molecule has 0 aromatic heterocycles. The summed E-state index contributed by atoms with van der Waals surface area (Å²) in [6.45, 7) is 6.83. The molecular weight excluding hydrogens is 216 g/mol. The molecule has 3 nitrogen and oxygen atoms in total. The monoisotopic (exact) mass is 232 g/mol. The van der Waals surface area contributed by atoms with Gasteiger partial charge in [-0.05, 0) is 31.5 Å². The maximum absolute atomic E-state index is 11.9. The molecule has 0 aliphatic carbocycles. The maximum Gasteiger partial charge on any atom is 0.163 e. The molecule has 0 unspecified atom stereocenters. The van der Waals surface area contributed by atoms with Crippen molar-refractivity contribution in [3.8, 4) is 11.5 Å². The lowest BCUT2D eigenvalue weighted by atomic mass is 10.0. The second kappa shape index (κ2) is 5.04. The number of carbonyl (C=O) groups is 1. The Kier molecular flexibility index (Phi) is 3.47. The molecule has 1 aromatic carbocycles. The zero-order valence-electron chi connectivity index (χ0n) is 9.99. The van der Waals surface area contributed by atoms with Crippen LogP contribution in [-0.2, 0) is 0 Å². The summed E-state index contributed by atoms with van der Waals surface area (Å²) in [6, 6.07) is 5.34. The van der Waals surface area contributed by atoms with Gasteiger partial charge in [-0.15, -0.1) is 6.58 Å². The first-order valence-electron chi connectivity index (χ1n) is 5.74. The van der Waals surface area contributed by atoms with Crippen molar-refractivity contribution in [2.24, 2.45) is 0 Å². The van der Waals surface area contributed by atoms with E-state index in [1.807, 2.05) is 6.92 Å². The minimum Gasteiger partial charge on any atom is -0.486 e. The van der Waals surface area contributed by atoms with E-state index in [0.717, 1.165) is 12.0 Å². The van der Waals surface area contributed by atoms with Gasteiger partial charge in [0.15, 0.2) is 17.3 Å². The Morgan fingerprint density at radius 3 is 2.65 bits per heavy atom. The number of carbonyl (C=O) groups excluding carboxylic acids is 1. The van der Waals surface area contributed by atoms with Crippen molar-refractivity contribution in [1.29, 1.82) is 0 Å². The van der Waals surface area contributed by atoms with Gasteiger partial charge in [0.25, 0.3) is 0 Å². The van der Waals surface area contributed by atoms with Crippen LogP contribution in [0.5, 0.6) is 11.5 Å². The molecule has 0 bridgehead atoms. The van der Waals surface area contributed by atoms with Gasteiger partial charge in [-0.25, -0.2) is 0 Å². The molecule has 0 radical (unpaired) electrons. The topological polar surface area (TPSA) is 35.5 Å². The molecule has 1 aromatic rings. The number of Topliss-reactive ketones (excluding diaryl/α,β-unsaturated/α-hetero) is 1. The normalized spacial score (nSPS) is 13.2. The molecule has 0 N–H and O–H groups in total. The number of hydrogen-bond donors (Lipinski definition) is 0. The van der Waals surface area contributed by atoms with Crippen LogP contribution in [0.2, 0.25) is 0 Å². The number of rotatable bonds is 4. The minimum atomic E-state index is 0.116. The molecule has 0 spiro atoms. The van der Waals surface area contributed by atoms with Crippen LogP contribution in [0, 0.1) is 0 Å². The summed E-state index contributed by atoms with van der Waals surface area (Å²) in [7, 11) is 0. The number of allylic oxidation sites excluding steroid dienone is 1. The highest BCUT2D eigenvalue weighted by atomic mass is 16.6. The fourth-order valence-electron chi connectivity index (χ4n) is 1.69. The molecule has 1 heterocycles. The molecule has 2 rings (SSSR count). The fraction of sp³-hybridized carbons (Fsp3) is 0.357. The molecule has 0 saturated carbocycles. The summed E-state index contributed by atoms with van der Waals surface area (Å²) in [5, 5.41) is 0. The molecule has 90 valence electrons. The average Bonchev–Trinajstić information content (AvgIpc) is 2.35. The van der Waals surface area contributed by atoms with Gasteiger partial charge in [0.2, 0.25) is 0 Å². The Morgan fingerprint density at radius 2 is 1.94 bits per heavy atom. The summed E-state index contributed by atoms with van der Waals surface area (Å²) in [6.07, 6.45) is 1.22. The van der Waals surface area contributed by atoms with Crippen molar-refractivity contribution < 1.29 is 14.3 Å². The van der Waals surface area contributed by atoms with Crippen molar-refractivity contribution in [3.63, 3.8) is 0 Å². The van der Waals surface area contributed by atoms with Crippen LogP contribution in [0.1, 0.15) is 30.1 Å². The Labute approximate surface area is 101 Å². The van der Waals surface area contributed by atoms with Crippen LogP contribution in [-0.4, -0.2) is 19.0 Å². The quantitative estimate of drug-likeness (QED) is 0.591. The van der Waals surface area contributed by atoms with E-state index in [-0.39, 0.29) is 5.78 Å². The number of hydrogen-bond acceptors (Lipinski definition) is 3. The van der Waals surface area contributed by atoms with Gasteiger partial charge in [0.05, 0.1) is 0 Å². The van der Waals surface area contributed by atoms with E-state index < -0.39 is 0 Å². The summed E-state index contributed by atoms with van der Waals surface area (Å²) in [4.78, 5) is 11.9. The third kappa shape index (κ3) is 2.87. The zero-order chi connectivity index (χ0) is 12.3. The second-order valence-corrected chi connectivity index (χ2v) is 4.24. The predicted molar refractivity (Wildman–Crippen MR) is 65.8 cm³/mol. The van der Waals surface area contributed by atoms with Gasteiger partial charge in [-0.1, -0.05) is 5.57 Å². The van der Waals surface area contributed by atoms with Crippen LogP contribution in [0.3, 0.4) is 0 Å². The van der Waals surface area contributed by atoms with E-state index in [1.165, 1.54) is 0 Å². The Bertz CT molecular complexity index is 449. The largest absolute Gasteiger partial charge is 0.486 e. The Hall–Kier alpha value is -1.77. The minimum absolute atomic E-state index is 0.116. The molecule has 0 saturated heterocycles. The lowest BCUT2D eigenvalue weighted by Gasteiger charge is -2.18. The second-order valence-electron chi connectivity index (χ2n) is 4.24. The van der Waals surface area contributed by atoms with Crippen LogP contribution < -0.4 is 9.47 Å². The van der Waals surface area contributed by atoms with Gasteiger partial charge in [0.1, 0.15) is 13.2 Å². The third-order valence-electron chi connectivity index (χ3n) is 2.64. The van der Waals surface area contributed by atoms with E-state index in [4.69, 9.17) is 9.47 Å². The predicted octanol–water partition coefficient (Wildman–Crippen LogP) is 3.00. The highest BCUT2D eigenvalue weighted by Crippen LogP contribution is 2.31. The molecular formula is C14H16O3. The SMILES string of the molecule is C=C(C)CCC(=O)c1ccc2c(c1)OCCO2. The van der Waals surface area contributed by atoms with Crippen LogP contribution in [0.25, 0.3) is 0 Å². The number of ether oxygens (including phenoxy) is 2. The van der Waals surface area contributed by atoms with Gasteiger partial charge in [-0.3, -0.25) is 4.79 Å². The van der Waals surface area contributed by atoms with E-state index >= 15 is 0 Å². The molecule has 0 fully saturated rings. The Balaban J connectivity index is 2.11. The van der Waals surface area contributed by atoms with Gasteiger partial charge in [-0.2, -0.15) is 0 Å². The first-order chi connectivity index (χ1) is 8.16. The lowest BCUT2D eigenvalue weighted by molar-refractivity contribution is 0.0981. The molecule has 3 heteroatoms. The lowest BCUT2D eigenvalue weighted by Crippen LogP contribution is -2.15. The van der Waals surface area contributed by atoms with Crippen molar-refractivity contribution in [2.75, 3.05) is 13.2 Å². The van der Waals surface area contributed by atoms with Crippen LogP contribution >= 0.6 is 0 Å². The standard InChI is InChI=1S/C14H16O3/c1-10(2)3-5-12(15)11-4-6-13-14(9-11)17-8-7-16-13/h4,6,9H,1,3,5,7-8H2,2H3. The highest BCUT2D eigenvalue weighted by Gasteiger charge is 2.14. The van der Waals surface area contributed by atoms with E-state index in [9.17, 15) is 4.79 Å². The number of ketones is 1. The van der Waals surface area contributed by atoms with Crippen molar-refractivity contribution in [2.45, 2.75) is 19.8 Å². The maximum atomic E-state index is 11.9. The molecule has 0 amide bonds. The van der Waals surface area contributed by atoms with E-state index in [2.05, 4.69) is 6.58 Å². The van der Waals surface area contributed by atoms with Gasteiger partial charge >= 0.3 is 0 Å². The van der Waals surface area contributed by atoms with Gasteiger partial charge in [0, 0.05) is 12.0 Å². The first-order valence-corrected chi connectivity index (χ1v) is 5.74. The zero-order valence-corrected chi connectivity index (χ0v) is 9.99. The van der Waals surface area contributed by atoms with Crippen molar-refractivity contribution >= 4 is 5.78 Å². The first kappa shape index (κ1) is 11.7. The molecule has 0 atom stereocenters. The molecule has 1 aliphatic rings. The third-order valence-corrected chi connectivity index (χ3v) is 2.64. The highest BCUT2D eigenvalue weighted by molar-refractivity contribution is 5.96. The van der Waals surface area contributed by atoms with Crippen molar-refractivity contribution in [3.05, 3.63) is 35.9 Å². The van der Waals surface area contributed by atoms with Crippen molar-refractivity contribution in [1.82, 2.24) is 0 Å². The molecule has 1 aliphatic heterocycles. The summed E-state index contributed by atoms with van der Waals surface area (Å²) in [5.41, 5.74) is 1.70. The van der Waals surface area contributed by atoms with Gasteiger partial charge < -0.3 is 9.47 Å². The number of benzene rings is 1. The van der Waals surface area contributed by atoms with E-state index in [0.29, 0.717) is 36.7 Å². The summed E-state index contributed by atoms with van der Waals surface area (Å²) in [5.74, 6) is 1.50. The van der Waals surface area contributed by atoms with Crippen LogP contribution in [0.15, 0.2) is 30.4 Å². The average molecular weight is 232 g/mol. The summed E-state index contributed by atoms with van der Waals surface area (Å²) < 4.78 is 10.9. The molecule has 17 heavy (non-hydrogen) atoms. The fourth-order valence-corrected chi connectivity index (χ4v) is 1.69. The van der Waals surface area contributed by atoms with Crippen LogP contribution in [0.4, 0.5) is 0 Å². The smallest absolute Gasteiger partial charge is 0.163 e. The van der Waals surface area contributed by atoms with E-state index in [1.54, 1.807) is 18.2 Å². The Morgan fingerprint density at radius 1 is 1.24 bits per heavy atom. The number of fused-ring (bicyclic) bond motifs is 1.